The van der Waals surface area contributed by atoms with Gasteiger partial charge in [-0.1, -0.05) is 30.7 Å². The van der Waals surface area contributed by atoms with E-state index in [9.17, 15) is 9.90 Å². The molecule has 0 bridgehead atoms. The average Bonchev–Trinajstić information content (AvgIpc) is 3.28. The van der Waals surface area contributed by atoms with Crippen LogP contribution in [0.1, 0.15) is 55.5 Å². The van der Waals surface area contributed by atoms with E-state index in [2.05, 4.69) is 22.5 Å². The maximum absolute atomic E-state index is 12.2. The molecular formula is C27H35N5O3. The van der Waals surface area contributed by atoms with Gasteiger partial charge < -0.3 is 15.2 Å². The first kappa shape index (κ1) is 23.8. The van der Waals surface area contributed by atoms with E-state index >= 15 is 0 Å². The molecule has 1 unspecified atom stereocenters. The van der Waals surface area contributed by atoms with Crippen molar-refractivity contribution in [2.75, 3.05) is 31.6 Å². The van der Waals surface area contributed by atoms with Crippen molar-refractivity contribution in [2.45, 2.75) is 64.1 Å². The number of carbonyl (C=O) groups is 1. The number of hydrogen-bond donors (Lipinski definition) is 2. The highest BCUT2D eigenvalue weighted by molar-refractivity contribution is 5.87. The van der Waals surface area contributed by atoms with Crippen LogP contribution in [0.25, 0.3) is 10.9 Å². The predicted molar refractivity (Wildman–Crippen MR) is 136 cm³/mol. The average molecular weight is 478 g/mol. The van der Waals surface area contributed by atoms with Gasteiger partial charge in [0.15, 0.2) is 0 Å². The molecule has 2 aliphatic rings. The quantitative estimate of drug-likeness (QED) is 0.403. The minimum Gasteiger partial charge on any atom is -0.480 e. The van der Waals surface area contributed by atoms with Gasteiger partial charge in [-0.05, 0) is 50.7 Å². The Morgan fingerprint density at radius 3 is 2.94 bits per heavy atom. The molecule has 0 saturated carbocycles. The summed E-state index contributed by atoms with van der Waals surface area (Å²) in [5.74, 6) is 0.231. The zero-order valence-corrected chi connectivity index (χ0v) is 20.4. The van der Waals surface area contributed by atoms with Crippen molar-refractivity contribution in [3.63, 3.8) is 0 Å². The Labute approximate surface area is 206 Å². The van der Waals surface area contributed by atoms with Crippen LogP contribution >= 0.6 is 0 Å². The smallest absolute Gasteiger partial charge is 0.325 e. The number of aliphatic carboxylic acids is 1. The van der Waals surface area contributed by atoms with Crippen molar-refractivity contribution < 1.29 is 14.6 Å². The van der Waals surface area contributed by atoms with E-state index in [1.807, 2.05) is 40.9 Å². The molecule has 0 amide bonds. The molecule has 4 heterocycles. The number of hydrogen-bond acceptors (Lipinski definition) is 6. The first-order chi connectivity index (χ1) is 17.1. The molecule has 2 N–H and O–H groups in total. The van der Waals surface area contributed by atoms with Crippen molar-refractivity contribution in [2.24, 2.45) is 0 Å². The van der Waals surface area contributed by atoms with Gasteiger partial charge in [-0.15, -0.1) is 0 Å². The maximum Gasteiger partial charge on any atom is 0.325 e. The molecule has 3 aromatic rings. The fourth-order valence-corrected chi connectivity index (χ4v) is 5.11. The van der Waals surface area contributed by atoms with E-state index in [1.54, 1.807) is 0 Å². The van der Waals surface area contributed by atoms with E-state index in [-0.39, 0.29) is 6.10 Å². The number of benzene rings is 1. The molecule has 1 fully saturated rings. The van der Waals surface area contributed by atoms with E-state index < -0.39 is 12.0 Å². The molecule has 5 rings (SSSR count). The molecule has 2 aliphatic heterocycles. The lowest BCUT2D eigenvalue weighted by molar-refractivity contribution is -0.150. The Balaban J connectivity index is 1.05. The van der Waals surface area contributed by atoms with Crippen LogP contribution in [0.5, 0.6) is 0 Å². The van der Waals surface area contributed by atoms with Gasteiger partial charge in [0.2, 0.25) is 0 Å². The number of likely N-dealkylation sites (tertiary alicyclic amines) is 1. The standard InChI is InChI=1S/C27H35N5O3/c1-2-32-16-20-8-6-11-23(24(20)30-32)25(27(33)34)31-17-22(18-31)35-15-5-3-4-10-21-13-12-19-9-7-14-28-26(19)29-21/h6,8,11-13,16,22,25H,2-5,7,9-10,14-15,17-18H2,1H3,(H,28,29)(H,33,34). The third-order valence-corrected chi connectivity index (χ3v) is 7.09. The van der Waals surface area contributed by atoms with Crippen LogP contribution in [0.3, 0.4) is 0 Å². The predicted octanol–water partition coefficient (Wildman–Crippen LogP) is 4.05. The van der Waals surface area contributed by atoms with E-state index in [0.29, 0.717) is 19.7 Å². The molecule has 1 saturated heterocycles. The monoisotopic (exact) mass is 477 g/mol. The Bertz CT molecular complexity index is 1170. The summed E-state index contributed by atoms with van der Waals surface area (Å²) < 4.78 is 7.88. The van der Waals surface area contributed by atoms with Gasteiger partial charge in [0.25, 0.3) is 0 Å². The van der Waals surface area contributed by atoms with Crippen LogP contribution in [-0.4, -0.2) is 63.1 Å². The van der Waals surface area contributed by atoms with Crippen molar-refractivity contribution in [1.82, 2.24) is 19.7 Å². The highest BCUT2D eigenvalue weighted by atomic mass is 16.5. The lowest BCUT2D eigenvalue weighted by Gasteiger charge is -2.42. The first-order valence-corrected chi connectivity index (χ1v) is 12.9. The van der Waals surface area contributed by atoms with Gasteiger partial charge in [-0.3, -0.25) is 14.4 Å². The Morgan fingerprint density at radius 2 is 2.11 bits per heavy atom. The van der Waals surface area contributed by atoms with Gasteiger partial charge in [-0.2, -0.15) is 5.10 Å². The molecule has 8 nitrogen and oxygen atoms in total. The van der Waals surface area contributed by atoms with Gasteiger partial charge in [0.05, 0.1) is 11.6 Å². The number of nitrogens with zero attached hydrogens (tertiary/aromatic N) is 4. The number of aryl methyl sites for hydroxylation is 3. The summed E-state index contributed by atoms with van der Waals surface area (Å²) in [5, 5.41) is 19.0. The van der Waals surface area contributed by atoms with Gasteiger partial charge in [0, 0.05) is 55.6 Å². The molecule has 0 aliphatic carbocycles. The van der Waals surface area contributed by atoms with Crippen molar-refractivity contribution in [3.8, 4) is 0 Å². The fourth-order valence-electron chi connectivity index (χ4n) is 5.11. The SMILES string of the molecule is CCn1cc2cccc(C(C(=O)O)N3CC(OCCCCCc4ccc5c(n4)NCCC5)C3)c2n1. The number of rotatable bonds is 11. The minimum absolute atomic E-state index is 0.0950. The number of unbranched alkanes of at least 4 members (excludes halogenated alkanes) is 2. The van der Waals surface area contributed by atoms with Crippen LogP contribution in [0.2, 0.25) is 0 Å². The van der Waals surface area contributed by atoms with Crippen molar-refractivity contribution in [3.05, 3.63) is 53.3 Å². The topological polar surface area (TPSA) is 92.5 Å². The number of ether oxygens (including phenoxy) is 1. The largest absolute Gasteiger partial charge is 0.480 e. The van der Waals surface area contributed by atoms with Crippen LogP contribution in [0, 0.1) is 0 Å². The molecule has 0 radical (unpaired) electrons. The van der Waals surface area contributed by atoms with Gasteiger partial charge >= 0.3 is 5.97 Å². The van der Waals surface area contributed by atoms with Crippen LogP contribution < -0.4 is 5.32 Å². The zero-order chi connectivity index (χ0) is 24.2. The second-order valence-corrected chi connectivity index (χ2v) is 9.61. The normalized spacial score (nSPS) is 17.1. The van der Waals surface area contributed by atoms with E-state index in [4.69, 9.17) is 9.72 Å². The molecule has 2 aromatic heterocycles. The van der Waals surface area contributed by atoms with E-state index in [0.717, 1.165) is 73.2 Å². The second-order valence-electron chi connectivity index (χ2n) is 9.61. The summed E-state index contributed by atoms with van der Waals surface area (Å²) in [5.41, 5.74) is 4.02. The highest BCUT2D eigenvalue weighted by Gasteiger charge is 2.38. The third kappa shape index (κ3) is 5.33. The van der Waals surface area contributed by atoms with Crippen LogP contribution in [0.15, 0.2) is 36.5 Å². The zero-order valence-electron chi connectivity index (χ0n) is 20.4. The summed E-state index contributed by atoms with van der Waals surface area (Å²) in [4.78, 5) is 18.9. The summed E-state index contributed by atoms with van der Waals surface area (Å²) in [6.07, 6.45) is 8.57. The lowest BCUT2D eigenvalue weighted by atomic mass is 9.98. The highest BCUT2D eigenvalue weighted by Crippen LogP contribution is 2.32. The molecule has 186 valence electrons. The summed E-state index contributed by atoms with van der Waals surface area (Å²) in [7, 11) is 0. The molecule has 1 atom stereocenters. The number of aromatic nitrogens is 3. The number of pyridine rings is 1. The van der Waals surface area contributed by atoms with E-state index in [1.165, 1.54) is 12.0 Å². The fraction of sp³-hybridized carbons (Fsp3) is 0.519. The number of carboxylic acids is 1. The summed E-state index contributed by atoms with van der Waals surface area (Å²) in [6, 6.07) is 9.47. The molecule has 35 heavy (non-hydrogen) atoms. The Hall–Kier alpha value is -2.97. The van der Waals surface area contributed by atoms with Gasteiger partial charge in [0.1, 0.15) is 11.9 Å². The Kier molecular flexibility index (Phi) is 7.29. The first-order valence-electron chi connectivity index (χ1n) is 12.9. The Morgan fingerprint density at radius 1 is 1.23 bits per heavy atom. The summed E-state index contributed by atoms with van der Waals surface area (Å²) >= 11 is 0. The van der Waals surface area contributed by atoms with Gasteiger partial charge in [-0.25, -0.2) is 4.98 Å². The van der Waals surface area contributed by atoms with Crippen molar-refractivity contribution in [1.29, 1.82) is 0 Å². The molecule has 0 spiro atoms. The number of carboxylic acid groups (broad SMARTS) is 1. The maximum atomic E-state index is 12.2. The molecule has 8 heteroatoms. The number of fused-ring (bicyclic) bond motifs is 2. The number of nitrogens with one attached hydrogen (secondary N) is 1. The second kappa shape index (κ2) is 10.7. The summed E-state index contributed by atoms with van der Waals surface area (Å²) in [6.45, 7) is 5.78. The van der Waals surface area contributed by atoms with Crippen LogP contribution in [0.4, 0.5) is 5.82 Å². The lowest BCUT2D eigenvalue weighted by Crippen LogP contribution is -2.55. The van der Waals surface area contributed by atoms with Crippen LogP contribution in [-0.2, 0) is 28.9 Å². The third-order valence-electron chi connectivity index (χ3n) is 7.09. The number of anilines is 1. The van der Waals surface area contributed by atoms with Crippen molar-refractivity contribution >= 4 is 22.7 Å². The molecule has 1 aromatic carbocycles. The minimum atomic E-state index is -0.840. The molecular weight excluding hydrogens is 442 g/mol.